The van der Waals surface area contributed by atoms with Gasteiger partial charge in [0.25, 0.3) is 0 Å². The highest BCUT2D eigenvalue weighted by molar-refractivity contribution is 9.10. The van der Waals surface area contributed by atoms with Crippen LogP contribution >= 0.6 is 15.9 Å². The fourth-order valence-corrected chi connectivity index (χ4v) is 2.19. The molecule has 0 radical (unpaired) electrons. The average Bonchev–Trinajstić information content (AvgIpc) is 2.97. The van der Waals surface area contributed by atoms with Crippen molar-refractivity contribution in [2.75, 3.05) is 0 Å². The molecule has 1 N–H and O–H groups in total. The fraction of sp³-hybridized carbons (Fsp3) is 0.167. The molecule has 0 aliphatic carbocycles. The maximum Gasteiger partial charge on any atom is 0.139 e. The van der Waals surface area contributed by atoms with Crippen molar-refractivity contribution in [1.82, 2.24) is 19.7 Å². The first-order valence-electron chi connectivity index (χ1n) is 5.49. The smallest absolute Gasteiger partial charge is 0.139 e. The first-order chi connectivity index (χ1) is 8.65. The number of aromatic nitrogens is 4. The fourth-order valence-electron chi connectivity index (χ4n) is 1.86. The van der Waals surface area contributed by atoms with Crippen LogP contribution in [0, 0.1) is 5.82 Å². The zero-order valence-corrected chi connectivity index (χ0v) is 11.1. The standard InChI is InChI=1S/C12H10BrFN4/c1-7(18-4-2-3-15-18)12-16-10-5-8(13)9(14)6-11(10)17-12/h2-7H,1H3,(H,16,17). The molecule has 0 fully saturated rings. The van der Waals surface area contributed by atoms with Crippen LogP contribution < -0.4 is 0 Å². The van der Waals surface area contributed by atoms with Crippen LogP contribution in [0.15, 0.2) is 35.1 Å². The maximum absolute atomic E-state index is 13.4. The van der Waals surface area contributed by atoms with E-state index in [2.05, 4.69) is 31.0 Å². The number of fused-ring (bicyclic) bond motifs is 1. The van der Waals surface area contributed by atoms with Crippen molar-refractivity contribution in [3.8, 4) is 0 Å². The Hall–Kier alpha value is -1.69. The largest absolute Gasteiger partial charge is 0.340 e. The molecule has 0 bridgehead atoms. The summed E-state index contributed by atoms with van der Waals surface area (Å²) in [6.45, 7) is 1.98. The van der Waals surface area contributed by atoms with Gasteiger partial charge >= 0.3 is 0 Å². The third kappa shape index (κ3) is 1.82. The van der Waals surface area contributed by atoms with Crippen molar-refractivity contribution in [2.45, 2.75) is 13.0 Å². The number of hydrogen-bond donors (Lipinski definition) is 1. The van der Waals surface area contributed by atoms with E-state index in [1.165, 1.54) is 6.07 Å². The van der Waals surface area contributed by atoms with Crippen LogP contribution in [0.3, 0.4) is 0 Å². The molecule has 0 amide bonds. The summed E-state index contributed by atoms with van der Waals surface area (Å²) >= 11 is 3.15. The molecular weight excluding hydrogens is 299 g/mol. The summed E-state index contributed by atoms with van der Waals surface area (Å²) in [6.07, 6.45) is 3.59. The topological polar surface area (TPSA) is 46.5 Å². The molecule has 6 heteroatoms. The Morgan fingerprint density at radius 2 is 2.28 bits per heavy atom. The lowest BCUT2D eigenvalue weighted by molar-refractivity contribution is 0.542. The normalized spacial score (nSPS) is 13.1. The van der Waals surface area contributed by atoms with Crippen molar-refractivity contribution in [1.29, 1.82) is 0 Å². The molecule has 2 heterocycles. The Morgan fingerprint density at radius 1 is 1.44 bits per heavy atom. The van der Waals surface area contributed by atoms with E-state index >= 15 is 0 Å². The summed E-state index contributed by atoms with van der Waals surface area (Å²) in [4.78, 5) is 7.58. The van der Waals surface area contributed by atoms with Gasteiger partial charge in [0.15, 0.2) is 0 Å². The van der Waals surface area contributed by atoms with Crippen molar-refractivity contribution >= 4 is 27.0 Å². The van der Waals surface area contributed by atoms with E-state index in [0.717, 1.165) is 11.3 Å². The molecule has 1 aromatic carbocycles. The number of nitrogens with zero attached hydrogens (tertiary/aromatic N) is 3. The SMILES string of the molecule is CC(c1nc2cc(Br)c(F)cc2[nH]1)n1cccn1. The Balaban J connectivity index is 2.08. The van der Waals surface area contributed by atoms with Crippen LogP contribution in [-0.2, 0) is 0 Å². The lowest BCUT2D eigenvalue weighted by atomic mass is 10.3. The van der Waals surface area contributed by atoms with Gasteiger partial charge in [-0.15, -0.1) is 0 Å². The van der Waals surface area contributed by atoms with Gasteiger partial charge in [0.05, 0.1) is 15.5 Å². The molecule has 3 rings (SSSR count). The Kier molecular flexibility index (Phi) is 2.66. The molecule has 0 saturated heterocycles. The van der Waals surface area contributed by atoms with E-state index in [-0.39, 0.29) is 11.9 Å². The average molecular weight is 309 g/mol. The van der Waals surface area contributed by atoms with E-state index in [1.807, 2.05) is 19.2 Å². The Bertz CT molecular complexity index is 650. The third-order valence-corrected chi connectivity index (χ3v) is 3.47. The molecule has 1 atom stereocenters. The van der Waals surface area contributed by atoms with Crippen LogP contribution in [0.25, 0.3) is 11.0 Å². The van der Waals surface area contributed by atoms with E-state index in [9.17, 15) is 4.39 Å². The molecule has 0 aliphatic rings. The molecule has 92 valence electrons. The number of rotatable bonds is 2. The highest BCUT2D eigenvalue weighted by Gasteiger charge is 2.14. The molecule has 3 aromatic rings. The Morgan fingerprint density at radius 3 is 3.00 bits per heavy atom. The summed E-state index contributed by atoms with van der Waals surface area (Å²) in [7, 11) is 0. The first-order valence-corrected chi connectivity index (χ1v) is 6.28. The molecule has 4 nitrogen and oxygen atoms in total. The summed E-state index contributed by atoms with van der Waals surface area (Å²) in [5.74, 6) is 0.454. The van der Waals surface area contributed by atoms with E-state index in [1.54, 1.807) is 16.9 Å². The molecule has 2 aromatic heterocycles. The number of imidazole rings is 1. The summed E-state index contributed by atoms with van der Waals surface area (Å²) in [5, 5.41) is 4.17. The Labute approximate surface area is 111 Å². The van der Waals surface area contributed by atoms with Gasteiger partial charge in [-0.25, -0.2) is 9.37 Å². The lowest BCUT2D eigenvalue weighted by Crippen LogP contribution is -2.08. The number of aromatic amines is 1. The molecule has 0 aliphatic heterocycles. The zero-order chi connectivity index (χ0) is 12.7. The van der Waals surface area contributed by atoms with E-state index in [0.29, 0.717) is 9.99 Å². The summed E-state index contributed by atoms with van der Waals surface area (Å²) in [6, 6.07) is 4.94. The van der Waals surface area contributed by atoms with Crippen LogP contribution in [0.5, 0.6) is 0 Å². The van der Waals surface area contributed by atoms with Crippen LogP contribution in [0.4, 0.5) is 4.39 Å². The molecule has 0 saturated carbocycles. The molecule has 0 spiro atoms. The summed E-state index contributed by atoms with van der Waals surface area (Å²) in [5.41, 5.74) is 1.42. The monoisotopic (exact) mass is 308 g/mol. The number of hydrogen-bond acceptors (Lipinski definition) is 2. The van der Waals surface area contributed by atoms with Crippen molar-refractivity contribution in [3.63, 3.8) is 0 Å². The molecule has 1 unspecified atom stereocenters. The van der Waals surface area contributed by atoms with Crippen LogP contribution in [-0.4, -0.2) is 19.7 Å². The second-order valence-electron chi connectivity index (χ2n) is 4.07. The van der Waals surface area contributed by atoms with Gasteiger partial charge < -0.3 is 4.98 Å². The minimum Gasteiger partial charge on any atom is -0.340 e. The van der Waals surface area contributed by atoms with Gasteiger partial charge in [0.2, 0.25) is 0 Å². The van der Waals surface area contributed by atoms with E-state index < -0.39 is 0 Å². The zero-order valence-electron chi connectivity index (χ0n) is 9.56. The second-order valence-corrected chi connectivity index (χ2v) is 4.92. The summed E-state index contributed by atoms with van der Waals surface area (Å²) < 4.78 is 15.6. The lowest BCUT2D eigenvalue weighted by Gasteiger charge is -2.08. The highest BCUT2D eigenvalue weighted by atomic mass is 79.9. The van der Waals surface area contributed by atoms with Gasteiger partial charge in [0.1, 0.15) is 17.7 Å². The maximum atomic E-state index is 13.4. The van der Waals surface area contributed by atoms with Crippen LogP contribution in [0.2, 0.25) is 0 Å². The van der Waals surface area contributed by atoms with Gasteiger partial charge in [-0.3, -0.25) is 4.68 Å². The van der Waals surface area contributed by atoms with Gasteiger partial charge in [-0.05, 0) is 35.0 Å². The van der Waals surface area contributed by atoms with Crippen LogP contribution in [0.1, 0.15) is 18.8 Å². The number of halogens is 2. The number of nitrogens with one attached hydrogen (secondary N) is 1. The van der Waals surface area contributed by atoms with Crippen molar-refractivity contribution in [3.05, 3.63) is 46.7 Å². The van der Waals surface area contributed by atoms with Gasteiger partial charge in [-0.1, -0.05) is 0 Å². The quantitative estimate of drug-likeness (QED) is 0.790. The second kappa shape index (κ2) is 4.20. The number of H-pyrrole nitrogens is 1. The predicted molar refractivity (Wildman–Crippen MR) is 69.8 cm³/mol. The first kappa shape index (κ1) is 11.4. The highest BCUT2D eigenvalue weighted by Crippen LogP contribution is 2.24. The van der Waals surface area contributed by atoms with Gasteiger partial charge in [-0.2, -0.15) is 5.10 Å². The number of benzene rings is 1. The van der Waals surface area contributed by atoms with Crippen molar-refractivity contribution < 1.29 is 4.39 Å². The predicted octanol–water partition coefficient (Wildman–Crippen LogP) is 3.27. The molecule has 18 heavy (non-hydrogen) atoms. The van der Waals surface area contributed by atoms with Crippen molar-refractivity contribution in [2.24, 2.45) is 0 Å². The van der Waals surface area contributed by atoms with Gasteiger partial charge in [0, 0.05) is 18.5 Å². The van der Waals surface area contributed by atoms with E-state index in [4.69, 9.17) is 0 Å². The minimum atomic E-state index is -0.301. The minimum absolute atomic E-state index is 0.0192. The molecular formula is C12H10BrFN4. The third-order valence-electron chi connectivity index (χ3n) is 2.86.